The summed E-state index contributed by atoms with van der Waals surface area (Å²) >= 11 is 0. The molecule has 3 aromatic carbocycles. The van der Waals surface area contributed by atoms with Gasteiger partial charge in [-0.05, 0) is 54.3 Å². The van der Waals surface area contributed by atoms with E-state index in [2.05, 4.69) is 0 Å². The monoisotopic (exact) mass is 346 g/mol. The average Bonchev–Trinajstić information content (AvgIpc) is 2.68. The van der Waals surface area contributed by atoms with Gasteiger partial charge in [0.2, 0.25) is 0 Å². The molecule has 0 aliphatic rings. The van der Waals surface area contributed by atoms with Crippen molar-refractivity contribution >= 4 is 5.97 Å². The Kier molecular flexibility index (Phi) is 5.49. The lowest BCUT2D eigenvalue weighted by Gasteiger charge is -2.15. The highest BCUT2D eigenvalue weighted by Gasteiger charge is 2.16. The van der Waals surface area contributed by atoms with E-state index in [-0.39, 0.29) is 5.97 Å². The van der Waals surface area contributed by atoms with Crippen molar-refractivity contribution in [1.29, 1.82) is 0 Å². The van der Waals surface area contributed by atoms with Gasteiger partial charge in [-0.1, -0.05) is 60.2 Å². The molecule has 0 saturated carbocycles. The van der Waals surface area contributed by atoms with Gasteiger partial charge in [-0.15, -0.1) is 0 Å². The molecule has 0 heterocycles. The molecule has 0 aliphatic carbocycles. The van der Waals surface area contributed by atoms with Crippen molar-refractivity contribution < 1.29 is 14.6 Å². The van der Waals surface area contributed by atoms with Crippen LogP contribution in [-0.4, -0.2) is 17.7 Å². The lowest BCUT2D eigenvalue weighted by atomic mass is 9.94. The van der Waals surface area contributed by atoms with Crippen LogP contribution in [0, 0.1) is 6.92 Å². The molecular weight excluding hydrogens is 324 g/mol. The van der Waals surface area contributed by atoms with Crippen molar-refractivity contribution in [2.24, 2.45) is 0 Å². The van der Waals surface area contributed by atoms with Gasteiger partial charge >= 0.3 is 5.97 Å². The maximum Gasteiger partial charge on any atom is 0.338 e. The predicted molar refractivity (Wildman–Crippen MR) is 103 cm³/mol. The molecule has 1 unspecified atom stereocenters. The van der Waals surface area contributed by atoms with Gasteiger partial charge in [0, 0.05) is 0 Å². The second kappa shape index (κ2) is 7.98. The number of aryl methyl sites for hydroxylation is 1. The van der Waals surface area contributed by atoms with Crippen LogP contribution in [0.2, 0.25) is 0 Å². The fraction of sp³-hybridized carbons (Fsp3) is 0.174. The van der Waals surface area contributed by atoms with E-state index in [1.165, 1.54) is 5.56 Å². The number of aliphatic hydroxyl groups is 1. The molecule has 132 valence electrons. The molecule has 3 rings (SSSR count). The molecule has 26 heavy (non-hydrogen) atoms. The first kappa shape index (κ1) is 17.9. The molecule has 0 amide bonds. The Morgan fingerprint density at radius 2 is 1.62 bits per heavy atom. The van der Waals surface area contributed by atoms with E-state index in [1.54, 1.807) is 13.0 Å². The Labute approximate surface area is 153 Å². The van der Waals surface area contributed by atoms with Crippen LogP contribution in [0.3, 0.4) is 0 Å². The highest BCUT2D eigenvalue weighted by molar-refractivity contribution is 5.91. The first-order valence-electron chi connectivity index (χ1n) is 8.70. The normalized spacial score (nSPS) is 11.8. The summed E-state index contributed by atoms with van der Waals surface area (Å²) in [7, 11) is 0. The maximum atomic E-state index is 12.3. The number of aliphatic hydroxyl groups excluding tert-OH is 1. The summed E-state index contributed by atoms with van der Waals surface area (Å²) in [6.45, 7) is 4.12. The van der Waals surface area contributed by atoms with Gasteiger partial charge in [0.1, 0.15) is 6.10 Å². The van der Waals surface area contributed by atoms with Crippen LogP contribution in [0.25, 0.3) is 11.1 Å². The van der Waals surface area contributed by atoms with E-state index >= 15 is 0 Å². The summed E-state index contributed by atoms with van der Waals surface area (Å²) in [5, 5.41) is 10.8. The zero-order valence-electron chi connectivity index (χ0n) is 15.0. The van der Waals surface area contributed by atoms with E-state index in [4.69, 9.17) is 4.74 Å². The van der Waals surface area contributed by atoms with Crippen LogP contribution in [0.15, 0.2) is 72.8 Å². The largest absolute Gasteiger partial charge is 0.462 e. The fourth-order valence-electron chi connectivity index (χ4n) is 2.88. The van der Waals surface area contributed by atoms with Crippen molar-refractivity contribution in [2.45, 2.75) is 20.0 Å². The first-order chi connectivity index (χ1) is 12.6. The molecule has 1 atom stereocenters. The second-order valence-electron chi connectivity index (χ2n) is 6.24. The Balaban J connectivity index is 2.08. The molecule has 0 aliphatic heterocycles. The van der Waals surface area contributed by atoms with Gasteiger partial charge in [-0.3, -0.25) is 0 Å². The molecule has 1 N–H and O–H groups in total. The van der Waals surface area contributed by atoms with Crippen LogP contribution >= 0.6 is 0 Å². The smallest absolute Gasteiger partial charge is 0.338 e. The standard InChI is InChI=1S/C23H22O3/c1-3-26-23(25)21-14-19(17-11-9-16(2)10-12-17)13-20(15-21)22(24)18-7-5-4-6-8-18/h4-15,22,24H,3H2,1-2H3. The Bertz CT molecular complexity index is 883. The van der Waals surface area contributed by atoms with Crippen LogP contribution < -0.4 is 0 Å². The Hall–Kier alpha value is -2.91. The number of hydrogen-bond acceptors (Lipinski definition) is 3. The molecule has 0 aromatic heterocycles. The number of carbonyl (C=O) groups is 1. The highest BCUT2D eigenvalue weighted by Crippen LogP contribution is 2.29. The quantitative estimate of drug-likeness (QED) is 0.667. The zero-order valence-corrected chi connectivity index (χ0v) is 15.0. The zero-order chi connectivity index (χ0) is 18.5. The minimum atomic E-state index is -0.810. The van der Waals surface area contributed by atoms with Crippen molar-refractivity contribution in [2.75, 3.05) is 6.61 Å². The van der Waals surface area contributed by atoms with Crippen LogP contribution in [-0.2, 0) is 4.74 Å². The van der Waals surface area contributed by atoms with Crippen LogP contribution in [0.1, 0.15) is 40.1 Å². The van der Waals surface area contributed by atoms with Crippen molar-refractivity contribution in [3.8, 4) is 11.1 Å². The maximum absolute atomic E-state index is 12.3. The summed E-state index contributed by atoms with van der Waals surface area (Å²) in [4.78, 5) is 12.3. The lowest BCUT2D eigenvalue weighted by Crippen LogP contribution is -2.07. The molecule has 3 heteroatoms. The highest BCUT2D eigenvalue weighted by atomic mass is 16.5. The van der Waals surface area contributed by atoms with Gasteiger partial charge < -0.3 is 9.84 Å². The summed E-state index contributed by atoms with van der Waals surface area (Å²) in [6.07, 6.45) is -0.810. The van der Waals surface area contributed by atoms with E-state index < -0.39 is 6.10 Å². The van der Waals surface area contributed by atoms with Crippen molar-refractivity contribution in [1.82, 2.24) is 0 Å². The molecule has 0 fully saturated rings. The van der Waals surface area contributed by atoms with Crippen molar-refractivity contribution in [3.05, 3.63) is 95.1 Å². The SMILES string of the molecule is CCOC(=O)c1cc(-c2ccc(C)cc2)cc(C(O)c2ccccc2)c1. The number of rotatable bonds is 5. The Morgan fingerprint density at radius 3 is 2.27 bits per heavy atom. The average molecular weight is 346 g/mol. The minimum Gasteiger partial charge on any atom is -0.462 e. The molecule has 0 radical (unpaired) electrons. The van der Waals surface area contributed by atoms with E-state index in [0.717, 1.165) is 16.7 Å². The van der Waals surface area contributed by atoms with Gasteiger partial charge in [-0.25, -0.2) is 4.79 Å². The number of carbonyl (C=O) groups excluding carboxylic acids is 1. The summed E-state index contributed by atoms with van der Waals surface area (Å²) in [5.74, 6) is -0.386. The summed E-state index contributed by atoms with van der Waals surface area (Å²) in [5.41, 5.74) is 4.92. The minimum absolute atomic E-state index is 0.310. The number of hydrogen-bond donors (Lipinski definition) is 1. The first-order valence-corrected chi connectivity index (χ1v) is 8.70. The molecule has 0 bridgehead atoms. The van der Waals surface area contributed by atoms with Gasteiger partial charge in [0.25, 0.3) is 0 Å². The fourth-order valence-corrected chi connectivity index (χ4v) is 2.88. The molecule has 3 aromatic rings. The van der Waals surface area contributed by atoms with Crippen LogP contribution in [0.5, 0.6) is 0 Å². The lowest BCUT2D eigenvalue weighted by molar-refractivity contribution is 0.0526. The summed E-state index contributed by atoms with van der Waals surface area (Å²) in [6, 6.07) is 22.9. The van der Waals surface area contributed by atoms with Crippen LogP contribution in [0.4, 0.5) is 0 Å². The number of esters is 1. The molecule has 3 nitrogen and oxygen atoms in total. The predicted octanol–water partition coefficient (Wildman–Crippen LogP) is 4.92. The van der Waals surface area contributed by atoms with Crippen molar-refractivity contribution in [3.63, 3.8) is 0 Å². The van der Waals surface area contributed by atoms with Gasteiger partial charge in [0.05, 0.1) is 12.2 Å². The third-order valence-electron chi connectivity index (χ3n) is 4.28. The van der Waals surface area contributed by atoms with Gasteiger partial charge in [0.15, 0.2) is 0 Å². The molecular formula is C23H22O3. The Morgan fingerprint density at radius 1 is 0.923 bits per heavy atom. The third kappa shape index (κ3) is 4.01. The third-order valence-corrected chi connectivity index (χ3v) is 4.28. The van der Waals surface area contributed by atoms with E-state index in [0.29, 0.717) is 17.7 Å². The summed E-state index contributed by atoms with van der Waals surface area (Å²) < 4.78 is 5.16. The topological polar surface area (TPSA) is 46.5 Å². The van der Waals surface area contributed by atoms with Gasteiger partial charge in [-0.2, -0.15) is 0 Å². The van der Waals surface area contributed by atoms with E-state index in [1.807, 2.05) is 73.7 Å². The number of ether oxygens (including phenoxy) is 1. The number of benzene rings is 3. The molecule has 0 saturated heterocycles. The second-order valence-corrected chi connectivity index (χ2v) is 6.24. The van der Waals surface area contributed by atoms with E-state index in [9.17, 15) is 9.90 Å². The molecule has 0 spiro atoms.